The number of aliphatic hydroxyl groups excluding tert-OH is 1. The molecule has 2 fully saturated rings. The number of nitrogens with zero attached hydrogens (tertiary/aromatic N) is 1. The summed E-state index contributed by atoms with van der Waals surface area (Å²) in [7, 11) is 0. The molecule has 4 nitrogen and oxygen atoms in total. The van der Waals surface area contributed by atoms with E-state index in [4.69, 9.17) is 0 Å². The lowest BCUT2D eigenvalue weighted by Gasteiger charge is -2.66. The van der Waals surface area contributed by atoms with Crippen LogP contribution in [0, 0.1) is 22.7 Å². The van der Waals surface area contributed by atoms with Crippen molar-refractivity contribution < 1.29 is 15.0 Å². The van der Waals surface area contributed by atoms with Gasteiger partial charge in [0.25, 0.3) is 0 Å². The summed E-state index contributed by atoms with van der Waals surface area (Å²) in [5.74, 6) is -0.0159. The fourth-order valence-electron chi connectivity index (χ4n) is 8.19. The van der Waals surface area contributed by atoms with Gasteiger partial charge in [-0.15, -0.1) is 0 Å². The second-order valence-corrected chi connectivity index (χ2v) is 8.99. The fraction of sp³-hybridized carbons (Fsp3) is 0.571. The SMILES string of the molecule is C[C@]12Cc3[n-]ccc3[C@]34C=CC[C@@H]5CC[C@@H]1CC(=C(C(=O)O)[C@@H]3O)[C@]524. The van der Waals surface area contributed by atoms with Crippen LogP contribution in [0.1, 0.15) is 43.9 Å². The minimum atomic E-state index is -0.972. The summed E-state index contributed by atoms with van der Waals surface area (Å²) in [4.78, 5) is 16.8. The summed E-state index contributed by atoms with van der Waals surface area (Å²) in [5.41, 5.74) is 2.63. The van der Waals surface area contributed by atoms with Crippen molar-refractivity contribution in [3.63, 3.8) is 0 Å². The van der Waals surface area contributed by atoms with Gasteiger partial charge in [-0.05, 0) is 54.9 Å². The number of rotatable bonds is 1. The summed E-state index contributed by atoms with van der Waals surface area (Å²) in [6.45, 7) is 2.36. The Bertz CT molecular complexity index is 895. The number of hydrogen-bond acceptors (Lipinski definition) is 2. The first-order chi connectivity index (χ1) is 12.0. The highest BCUT2D eigenvalue weighted by atomic mass is 16.4. The van der Waals surface area contributed by atoms with Crippen molar-refractivity contribution in [3.05, 3.63) is 46.8 Å². The smallest absolute Gasteiger partial charge is 0.334 e. The van der Waals surface area contributed by atoms with Crippen LogP contribution >= 0.6 is 0 Å². The molecule has 1 aromatic heterocycles. The molecule has 130 valence electrons. The zero-order chi connectivity index (χ0) is 17.2. The van der Waals surface area contributed by atoms with Gasteiger partial charge in [0.2, 0.25) is 0 Å². The minimum Gasteiger partial charge on any atom is -0.667 e. The third-order valence-electron chi connectivity index (χ3n) is 8.68. The largest absolute Gasteiger partial charge is 0.667 e. The molecule has 5 aliphatic carbocycles. The second-order valence-electron chi connectivity index (χ2n) is 8.99. The van der Waals surface area contributed by atoms with Crippen molar-refractivity contribution in [1.29, 1.82) is 0 Å². The molecule has 2 N–H and O–H groups in total. The van der Waals surface area contributed by atoms with Crippen molar-refractivity contribution >= 4 is 5.97 Å². The molecule has 5 aliphatic rings. The Labute approximate surface area is 146 Å². The van der Waals surface area contributed by atoms with Gasteiger partial charge >= 0.3 is 5.97 Å². The topological polar surface area (TPSA) is 71.6 Å². The fourth-order valence-corrected chi connectivity index (χ4v) is 8.19. The monoisotopic (exact) mass is 336 g/mol. The lowest BCUT2D eigenvalue weighted by Crippen LogP contribution is -2.65. The van der Waals surface area contributed by atoms with Crippen LogP contribution in [0.25, 0.3) is 0 Å². The number of carboxylic acids is 1. The maximum Gasteiger partial charge on any atom is 0.334 e. The van der Waals surface area contributed by atoms with Crippen LogP contribution in [0.15, 0.2) is 35.6 Å². The van der Waals surface area contributed by atoms with Crippen molar-refractivity contribution in [1.82, 2.24) is 4.98 Å². The van der Waals surface area contributed by atoms with E-state index in [9.17, 15) is 15.0 Å². The number of carbonyl (C=O) groups is 1. The number of fused-ring (bicyclic) bond motifs is 1. The Morgan fingerprint density at radius 1 is 1.32 bits per heavy atom. The Morgan fingerprint density at radius 2 is 2.12 bits per heavy atom. The molecule has 25 heavy (non-hydrogen) atoms. The Balaban J connectivity index is 1.82. The van der Waals surface area contributed by atoms with E-state index in [1.807, 2.05) is 12.3 Å². The van der Waals surface area contributed by atoms with Crippen LogP contribution in [0.3, 0.4) is 0 Å². The molecule has 2 saturated carbocycles. The van der Waals surface area contributed by atoms with Gasteiger partial charge in [-0.2, -0.15) is 11.9 Å². The molecule has 0 saturated heterocycles. The summed E-state index contributed by atoms with van der Waals surface area (Å²) >= 11 is 0. The minimum absolute atomic E-state index is 0.0114. The van der Waals surface area contributed by atoms with E-state index in [1.54, 1.807) is 0 Å². The molecule has 6 rings (SSSR count). The van der Waals surface area contributed by atoms with Crippen LogP contribution in [-0.4, -0.2) is 22.3 Å². The number of allylic oxidation sites excluding steroid dienone is 2. The zero-order valence-electron chi connectivity index (χ0n) is 14.3. The quantitative estimate of drug-likeness (QED) is 0.773. The maximum absolute atomic E-state index is 12.2. The van der Waals surface area contributed by atoms with E-state index >= 15 is 0 Å². The molecule has 1 aromatic rings. The molecular weight excluding hydrogens is 314 g/mol. The zero-order valence-corrected chi connectivity index (χ0v) is 14.3. The molecule has 0 aromatic carbocycles. The molecule has 0 aliphatic heterocycles. The van der Waals surface area contributed by atoms with Crippen LogP contribution in [-0.2, 0) is 16.6 Å². The average Bonchev–Trinajstić information content (AvgIpc) is 3.13. The lowest BCUT2D eigenvalue weighted by molar-refractivity contribution is -0.135. The predicted octanol–water partition coefficient (Wildman–Crippen LogP) is 2.58. The normalized spacial score (nSPS) is 48.5. The molecule has 0 amide bonds. The molecular formula is C21H22NO3-. The number of aliphatic hydroxyl groups is 1. The molecule has 2 bridgehead atoms. The van der Waals surface area contributed by atoms with E-state index in [1.165, 1.54) is 0 Å². The highest BCUT2D eigenvalue weighted by molar-refractivity contribution is 5.92. The Morgan fingerprint density at radius 3 is 2.92 bits per heavy atom. The predicted molar refractivity (Wildman–Crippen MR) is 90.9 cm³/mol. The number of carboxylic acid groups (broad SMARTS) is 1. The van der Waals surface area contributed by atoms with Crippen LogP contribution in [0.5, 0.6) is 0 Å². The van der Waals surface area contributed by atoms with Gasteiger partial charge in [0.15, 0.2) is 0 Å². The first kappa shape index (κ1) is 14.4. The van der Waals surface area contributed by atoms with Crippen LogP contribution in [0.4, 0.5) is 0 Å². The van der Waals surface area contributed by atoms with Gasteiger partial charge in [0, 0.05) is 5.41 Å². The van der Waals surface area contributed by atoms with Crippen molar-refractivity contribution in [3.8, 4) is 0 Å². The first-order valence-corrected chi connectivity index (χ1v) is 9.42. The van der Waals surface area contributed by atoms with Crippen molar-refractivity contribution in [2.75, 3.05) is 0 Å². The maximum atomic E-state index is 12.2. The van der Waals surface area contributed by atoms with E-state index in [0.29, 0.717) is 17.4 Å². The second kappa shape index (κ2) is 3.96. The molecule has 0 radical (unpaired) electrons. The Hall–Kier alpha value is -1.81. The third kappa shape index (κ3) is 1.14. The molecule has 1 spiro atoms. The van der Waals surface area contributed by atoms with Gasteiger partial charge in [0.05, 0.1) is 17.1 Å². The van der Waals surface area contributed by atoms with Crippen molar-refractivity contribution in [2.24, 2.45) is 22.7 Å². The average molecular weight is 336 g/mol. The van der Waals surface area contributed by atoms with Crippen molar-refractivity contribution in [2.45, 2.75) is 50.5 Å². The lowest BCUT2D eigenvalue weighted by atomic mass is 9.37. The summed E-state index contributed by atoms with van der Waals surface area (Å²) in [5, 5.41) is 21.5. The van der Waals surface area contributed by atoms with E-state index in [2.05, 4.69) is 24.1 Å². The summed E-state index contributed by atoms with van der Waals surface area (Å²) < 4.78 is 0. The van der Waals surface area contributed by atoms with Gasteiger partial charge < -0.3 is 15.2 Å². The van der Waals surface area contributed by atoms with E-state index in [0.717, 1.165) is 48.9 Å². The summed E-state index contributed by atoms with van der Waals surface area (Å²) in [6.07, 6.45) is 10.3. The highest BCUT2D eigenvalue weighted by Crippen LogP contribution is 2.82. The van der Waals surface area contributed by atoms with Crippen LogP contribution < -0.4 is 4.98 Å². The highest BCUT2D eigenvalue weighted by Gasteiger charge is 2.79. The van der Waals surface area contributed by atoms with Gasteiger partial charge in [-0.3, -0.25) is 0 Å². The number of hydrogen-bond donors (Lipinski definition) is 2. The molecule has 6 atom stereocenters. The molecule has 1 heterocycles. The Kier molecular flexibility index (Phi) is 2.27. The summed E-state index contributed by atoms with van der Waals surface area (Å²) in [6, 6.07) is 2.03. The van der Waals surface area contributed by atoms with Crippen LogP contribution in [0.2, 0.25) is 0 Å². The van der Waals surface area contributed by atoms with Gasteiger partial charge in [-0.25, -0.2) is 4.79 Å². The van der Waals surface area contributed by atoms with E-state index in [-0.39, 0.29) is 10.8 Å². The van der Waals surface area contributed by atoms with Gasteiger partial charge in [-0.1, -0.05) is 30.7 Å². The third-order valence-corrected chi connectivity index (χ3v) is 8.68. The molecule has 4 heteroatoms. The molecule has 0 unspecified atom stereocenters. The van der Waals surface area contributed by atoms with Gasteiger partial charge in [0.1, 0.15) is 0 Å². The first-order valence-electron chi connectivity index (χ1n) is 9.42. The number of aliphatic carboxylic acids is 1. The van der Waals surface area contributed by atoms with E-state index < -0.39 is 17.5 Å². The standard InChI is InChI=1S/C21H22NO3/c1-19-10-15-13(6-8-22-15)20-7-2-3-11-4-5-12(19)9-14(21(11,19)20)16(17(20)23)18(24)25/h2,6-8,11-12,17,23H,3-5,9-10H2,1H3,(H,24,25)/q-1/t11-,12-,17+,19+,20-,21-/m1/s1. The number of aromatic nitrogens is 1.